The molecular weight excluding hydrogens is 525 g/mol. The van der Waals surface area contributed by atoms with Crippen molar-refractivity contribution >= 4 is 47.4 Å². The fraction of sp³-hybridized carbons (Fsp3) is 0.773. The smallest absolute Gasteiger partial charge is 0.410 e. The summed E-state index contributed by atoms with van der Waals surface area (Å²) >= 11 is 1.70. The highest BCUT2D eigenvalue weighted by Crippen LogP contribution is 2.32. The minimum atomic E-state index is -0.460. The van der Waals surface area contributed by atoms with E-state index < -0.39 is 5.60 Å². The Bertz CT molecular complexity index is 737. The van der Waals surface area contributed by atoms with Crippen molar-refractivity contribution in [2.75, 3.05) is 26.2 Å². The van der Waals surface area contributed by atoms with E-state index in [2.05, 4.69) is 29.0 Å². The van der Waals surface area contributed by atoms with Gasteiger partial charge in [-0.05, 0) is 66.2 Å². The quantitative estimate of drug-likeness (QED) is 0.310. The largest absolute Gasteiger partial charge is 0.444 e. The molecule has 2 fully saturated rings. The lowest BCUT2D eigenvalue weighted by atomic mass is 10.0. The number of aryl methyl sites for hydroxylation is 1. The van der Waals surface area contributed by atoms with Crippen LogP contribution in [0, 0.1) is 12.8 Å². The number of nitrogens with one attached hydrogen (secondary N) is 1. The van der Waals surface area contributed by atoms with Crippen LogP contribution >= 0.6 is 35.3 Å². The Morgan fingerprint density at radius 2 is 2.00 bits per heavy atom. The molecule has 3 rings (SSSR count). The van der Waals surface area contributed by atoms with Gasteiger partial charge in [-0.3, -0.25) is 0 Å². The number of aromatic nitrogens is 1. The molecule has 1 saturated carbocycles. The van der Waals surface area contributed by atoms with Crippen LogP contribution in [0.1, 0.15) is 63.3 Å². The van der Waals surface area contributed by atoms with Gasteiger partial charge >= 0.3 is 6.09 Å². The van der Waals surface area contributed by atoms with Crippen LogP contribution in [0.2, 0.25) is 0 Å². The highest BCUT2D eigenvalue weighted by molar-refractivity contribution is 14.0. The number of nitrogens with zero attached hydrogens (tertiary/aromatic N) is 4. The molecule has 0 unspecified atom stereocenters. The van der Waals surface area contributed by atoms with Crippen LogP contribution in [0.25, 0.3) is 0 Å². The second-order valence-electron chi connectivity index (χ2n) is 9.33. The monoisotopic (exact) mass is 563 g/mol. The number of rotatable bonds is 6. The molecule has 176 valence electrons. The van der Waals surface area contributed by atoms with Gasteiger partial charge in [-0.2, -0.15) is 0 Å². The average Bonchev–Trinajstić information content (AvgIpc) is 3.41. The first kappa shape index (κ1) is 26.2. The number of carbonyl (C=O) groups is 1. The Kier molecular flexibility index (Phi) is 9.85. The third-order valence-corrected chi connectivity index (χ3v) is 6.25. The molecule has 2 heterocycles. The number of hydrogen-bond donors (Lipinski definition) is 1. The van der Waals surface area contributed by atoms with Gasteiger partial charge in [-0.1, -0.05) is 0 Å². The predicted molar refractivity (Wildman–Crippen MR) is 137 cm³/mol. The minimum Gasteiger partial charge on any atom is -0.444 e. The zero-order valence-corrected chi connectivity index (χ0v) is 22.7. The second kappa shape index (κ2) is 11.7. The highest BCUT2D eigenvalue weighted by Gasteiger charge is 2.35. The average molecular weight is 564 g/mol. The second-order valence-corrected chi connectivity index (χ2v) is 10.6. The molecule has 1 N–H and O–H groups in total. The highest BCUT2D eigenvalue weighted by atomic mass is 127. The van der Waals surface area contributed by atoms with Crippen LogP contribution in [0.3, 0.4) is 0 Å². The zero-order valence-electron chi connectivity index (χ0n) is 19.5. The Morgan fingerprint density at radius 1 is 1.32 bits per heavy atom. The van der Waals surface area contributed by atoms with Gasteiger partial charge in [0.05, 0.1) is 6.54 Å². The molecule has 1 aliphatic carbocycles. The molecule has 1 aromatic rings. The van der Waals surface area contributed by atoms with E-state index >= 15 is 0 Å². The topological polar surface area (TPSA) is 70.1 Å². The van der Waals surface area contributed by atoms with Gasteiger partial charge in [-0.15, -0.1) is 35.3 Å². The van der Waals surface area contributed by atoms with Crippen LogP contribution in [-0.2, 0) is 11.3 Å². The Balaban J connectivity index is 0.00000341. The van der Waals surface area contributed by atoms with Crippen LogP contribution < -0.4 is 5.32 Å². The van der Waals surface area contributed by atoms with E-state index in [4.69, 9.17) is 9.73 Å². The summed E-state index contributed by atoms with van der Waals surface area (Å²) in [7, 11) is 0. The SMILES string of the molecule is CCNC(=NCc1ncc(C)s1)N1CCC(N(CC2CC2)C(=O)OC(C)(C)C)CC1.I. The minimum absolute atomic E-state index is 0. The molecule has 1 aliphatic heterocycles. The third-order valence-electron chi connectivity index (χ3n) is 5.35. The molecular formula is C22H38IN5O2S. The van der Waals surface area contributed by atoms with E-state index in [9.17, 15) is 4.79 Å². The molecule has 31 heavy (non-hydrogen) atoms. The van der Waals surface area contributed by atoms with Crippen LogP contribution in [0.4, 0.5) is 4.79 Å². The molecule has 0 radical (unpaired) electrons. The number of piperidine rings is 1. The molecule has 0 atom stereocenters. The maximum Gasteiger partial charge on any atom is 0.410 e. The van der Waals surface area contributed by atoms with E-state index in [1.54, 1.807) is 11.3 Å². The molecule has 0 spiro atoms. The zero-order chi connectivity index (χ0) is 21.7. The van der Waals surface area contributed by atoms with E-state index in [0.29, 0.717) is 12.5 Å². The number of hydrogen-bond acceptors (Lipinski definition) is 5. The van der Waals surface area contributed by atoms with Gasteiger partial charge < -0.3 is 19.9 Å². The molecule has 0 aromatic carbocycles. The van der Waals surface area contributed by atoms with Gasteiger partial charge in [0.15, 0.2) is 5.96 Å². The summed E-state index contributed by atoms with van der Waals surface area (Å²) in [6.45, 7) is 14.0. The summed E-state index contributed by atoms with van der Waals surface area (Å²) in [4.78, 5) is 27.6. The van der Waals surface area contributed by atoms with E-state index in [0.717, 1.165) is 50.0 Å². The van der Waals surface area contributed by atoms with Crippen molar-refractivity contribution in [3.05, 3.63) is 16.1 Å². The van der Waals surface area contributed by atoms with E-state index in [1.807, 2.05) is 31.9 Å². The Hall–Kier alpha value is -1.10. The summed E-state index contributed by atoms with van der Waals surface area (Å²) in [5.41, 5.74) is -0.460. The molecule has 1 saturated heterocycles. The fourth-order valence-corrected chi connectivity index (χ4v) is 4.42. The molecule has 1 aromatic heterocycles. The van der Waals surface area contributed by atoms with Crippen molar-refractivity contribution in [3.8, 4) is 0 Å². The third kappa shape index (κ3) is 8.40. The van der Waals surface area contributed by atoms with E-state index in [-0.39, 0.29) is 36.1 Å². The molecule has 2 aliphatic rings. The Labute approximate surface area is 208 Å². The summed E-state index contributed by atoms with van der Waals surface area (Å²) in [5.74, 6) is 1.59. The van der Waals surface area contributed by atoms with Crippen molar-refractivity contribution in [2.45, 2.75) is 78.5 Å². The maximum atomic E-state index is 12.8. The number of ether oxygens (including phenoxy) is 1. The number of halogens is 1. The fourth-order valence-electron chi connectivity index (χ4n) is 3.70. The normalized spacial score (nSPS) is 17.8. The summed E-state index contributed by atoms with van der Waals surface area (Å²) < 4.78 is 5.72. The number of guanidine groups is 1. The van der Waals surface area contributed by atoms with Crippen LogP contribution in [0.15, 0.2) is 11.2 Å². The number of amides is 1. The summed E-state index contributed by atoms with van der Waals surface area (Å²) in [6, 6.07) is 0.237. The van der Waals surface area contributed by atoms with E-state index in [1.165, 1.54) is 17.7 Å². The van der Waals surface area contributed by atoms with Gasteiger partial charge in [0.1, 0.15) is 10.6 Å². The van der Waals surface area contributed by atoms with Gasteiger partial charge in [0.25, 0.3) is 0 Å². The molecule has 7 nitrogen and oxygen atoms in total. The molecule has 9 heteroatoms. The van der Waals surface area contributed by atoms with Gasteiger partial charge in [0, 0.05) is 43.3 Å². The summed E-state index contributed by atoms with van der Waals surface area (Å²) in [6.07, 6.45) is 6.07. The first-order valence-electron chi connectivity index (χ1n) is 11.2. The standard InChI is InChI=1S/C22H37N5O2S.HI/c1-6-23-20(25-14-19-24-13-16(2)30-19)26-11-9-18(10-12-26)27(15-17-7-8-17)21(28)29-22(3,4)5;/h13,17-18H,6-12,14-15H2,1-5H3,(H,23,25);1H. The number of likely N-dealkylation sites (tertiary alicyclic amines) is 1. The van der Waals surface area contributed by atoms with Crippen molar-refractivity contribution in [1.29, 1.82) is 0 Å². The molecule has 0 bridgehead atoms. The lowest BCUT2D eigenvalue weighted by Crippen LogP contribution is -2.52. The molecule has 1 amide bonds. The predicted octanol–water partition coefficient (Wildman–Crippen LogP) is 4.65. The number of aliphatic imine (C=N–C) groups is 1. The van der Waals surface area contributed by atoms with Crippen LogP contribution in [0.5, 0.6) is 0 Å². The maximum absolute atomic E-state index is 12.8. The van der Waals surface area contributed by atoms with Crippen molar-refractivity contribution in [2.24, 2.45) is 10.9 Å². The van der Waals surface area contributed by atoms with Crippen molar-refractivity contribution in [3.63, 3.8) is 0 Å². The number of thiazole rings is 1. The lowest BCUT2D eigenvalue weighted by Gasteiger charge is -2.40. The summed E-state index contributed by atoms with van der Waals surface area (Å²) in [5, 5.41) is 4.46. The van der Waals surface area contributed by atoms with Crippen LogP contribution in [-0.4, -0.2) is 64.7 Å². The van der Waals surface area contributed by atoms with Gasteiger partial charge in [-0.25, -0.2) is 14.8 Å². The van der Waals surface area contributed by atoms with Crippen molar-refractivity contribution in [1.82, 2.24) is 20.1 Å². The number of carbonyl (C=O) groups excluding carboxylic acids is 1. The lowest BCUT2D eigenvalue weighted by molar-refractivity contribution is 0.00928. The first-order chi connectivity index (χ1) is 14.2. The van der Waals surface area contributed by atoms with Gasteiger partial charge in [0.2, 0.25) is 0 Å². The first-order valence-corrected chi connectivity index (χ1v) is 12.0. The van der Waals surface area contributed by atoms with Crippen molar-refractivity contribution < 1.29 is 9.53 Å². The Morgan fingerprint density at radius 3 is 2.52 bits per heavy atom.